The lowest BCUT2D eigenvalue weighted by molar-refractivity contribution is 0.668. The number of aromatic nitrogens is 5. The predicted molar refractivity (Wildman–Crippen MR) is 84.6 cm³/mol. The lowest BCUT2D eigenvalue weighted by Crippen LogP contribution is -2.00. The zero-order valence-electron chi connectivity index (χ0n) is 12.1. The van der Waals surface area contributed by atoms with Gasteiger partial charge in [-0.1, -0.05) is 6.07 Å². The molecule has 1 aliphatic rings. The van der Waals surface area contributed by atoms with Crippen molar-refractivity contribution in [2.45, 2.75) is 29.1 Å². The minimum atomic E-state index is 0.403. The highest BCUT2D eigenvalue weighted by Gasteiger charge is 2.30. The lowest BCUT2D eigenvalue weighted by atomic mass is 10.3. The Kier molecular flexibility index (Phi) is 3.52. The molecule has 0 amide bonds. The van der Waals surface area contributed by atoms with Crippen molar-refractivity contribution in [3.8, 4) is 17.5 Å². The van der Waals surface area contributed by atoms with Gasteiger partial charge in [0.2, 0.25) is 0 Å². The first-order valence-electron chi connectivity index (χ1n) is 7.25. The summed E-state index contributed by atoms with van der Waals surface area (Å²) in [6.07, 6.45) is 5.80. The molecule has 0 bridgehead atoms. The molecule has 6 nitrogen and oxygen atoms in total. The van der Waals surface area contributed by atoms with Crippen molar-refractivity contribution in [3.05, 3.63) is 48.4 Å². The van der Waals surface area contributed by atoms with Crippen molar-refractivity contribution < 1.29 is 0 Å². The Hall–Kier alpha value is -2.72. The lowest BCUT2D eigenvalue weighted by Gasteiger charge is -2.08. The first-order chi connectivity index (χ1) is 11.3. The third-order valence-electron chi connectivity index (χ3n) is 3.53. The fourth-order valence-corrected chi connectivity index (χ4v) is 3.22. The summed E-state index contributed by atoms with van der Waals surface area (Å²) in [7, 11) is 0. The van der Waals surface area contributed by atoms with E-state index < -0.39 is 0 Å². The molecule has 1 aliphatic carbocycles. The first kappa shape index (κ1) is 13.9. The van der Waals surface area contributed by atoms with E-state index in [2.05, 4.69) is 30.8 Å². The number of nitrogens with zero attached hydrogens (tertiary/aromatic N) is 6. The maximum atomic E-state index is 8.97. The Morgan fingerprint density at radius 1 is 1.17 bits per heavy atom. The molecule has 3 aromatic rings. The van der Waals surface area contributed by atoms with Crippen LogP contribution in [0.1, 0.15) is 24.6 Å². The van der Waals surface area contributed by atoms with Gasteiger partial charge in [0.05, 0.1) is 0 Å². The van der Waals surface area contributed by atoms with Crippen LogP contribution in [0.5, 0.6) is 0 Å². The molecule has 1 saturated carbocycles. The molecule has 4 rings (SSSR count). The number of hydrogen-bond donors (Lipinski definition) is 0. The third kappa shape index (κ3) is 2.81. The normalized spacial score (nSPS) is 13.7. The van der Waals surface area contributed by atoms with Crippen molar-refractivity contribution in [3.63, 3.8) is 0 Å². The molecule has 112 valence electrons. The van der Waals surface area contributed by atoms with E-state index in [1.165, 1.54) is 11.8 Å². The number of hydrogen-bond acceptors (Lipinski definition) is 6. The SMILES string of the molecule is N#Cc1cccc(Sc2nnc(-c3cccnc3)n2C2CC2)n1. The minimum Gasteiger partial charge on any atom is -0.299 e. The fraction of sp³-hybridized carbons (Fsp3) is 0.188. The largest absolute Gasteiger partial charge is 0.299 e. The van der Waals surface area contributed by atoms with E-state index >= 15 is 0 Å². The van der Waals surface area contributed by atoms with Crippen molar-refractivity contribution in [2.24, 2.45) is 0 Å². The van der Waals surface area contributed by atoms with Gasteiger partial charge in [0.15, 0.2) is 11.0 Å². The quantitative estimate of drug-likeness (QED) is 0.735. The molecule has 0 spiro atoms. The Morgan fingerprint density at radius 3 is 2.83 bits per heavy atom. The van der Waals surface area contributed by atoms with E-state index in [9.17, 15) is 0 Å². The van der Waals surface area contributed by atoms with Gasteiger partial charge < -0.3 is 0 Å². The van der Waals surface area contributed by atoms with Gasteiger partial charge in [-0.25, -0.2) is 4.98 Å². The molecule has 0 atom stereocenters. The van der Waals surface area contributed by atoms with Gasteiger partial charge in [-0.05, 0) is 48.9 Å². The summed E-state index contributed by atoms with van der Waals surface area (Å²) < 4.78 is 2.16. The van der Waals surface area contributed by atoms with Gasteiger partial charge in [-0.3, -0.25) is 9.55 Å². The van der Waals surface area contributed by atoms with Gasteiger partial charge in [0.1, 0.15) is 16.8 Å². The molecular weight excluding hydrogens is 308 g/mol. The minimum absolute atomic E-state index is 0.403. The van der Waals surface area contributed by atoms with Crippen molar-refractivity contribution in [1.29, 1.82) is 5.26 Å². The zero-order valence-corrected chi connectivity index (χ0v) is 12.9. The summed E-state index contributed by atoms with van der Waals surface area (Å²) in [5.74, 6) is 0.833. The van der Waals surface area contributed by atoms with Crippen LogP contribution in [0.3, 0.4) is 0 Å². The van der Waals surface area contributed by atoms with Gasteiger partial charge in [0.25, 0.3) is 0 Å². The average Bonchev–Trinajstić information content (AvgIpc) is 3.36. The monoisotopic (exact) mass is 320 g/mol. The van der Waals surface area contributed by atoms with Crippen LogP contribution >= 0.6 is 11.8 Å². The van der Waals surface area contributed by atoms with E-state index in [0.29, 0.717) is 11.7 Å². The summed E-state index contributed by atoms with van der Waals surface area (Å²) in [5, 5.41) is 19.2. The van der Waals surface area contributed by atoms with Crippen LogP contribution in [0.25, 0.3) is 11.4 Å². The van der Waals surface area contributed by atoms with Crippen LogP contribution in [0.15, 0.2) is 52.9 Å². The number of rotatable bonds is 4. The Labute approximate surface area is 137 Å². The molecule has 1 fully saturated rings. The zero-order chi connectivity index (χ0) is 15.6. The number of pyridine rings is 2. The van der Waals surface area contributed by atoms with E-state index in [1.807, 2.05) is 24.3 Å². The highest BCUT2D eigenvalue weighted by molar-refractivity contribution is 7.99. The highest BCUT2D eigenvalue weighted by atomic mass is 32.2. The number of nitriles is 1. The second kappa shape index (κ2) is 5.82. The molecule has 3 aromatic heterocycles. The molecule has 7 heteroatoms. The van der Waals surface area contributed by atoms with Crippen LogP contribution in [0, 0.1) is 11.3 Å². The molecule has 3 heterocycles. The van der Waals surface area contributed by atoms with Crippen LogP contribution < -0.4 is 0 Å². The molecule has 0 N–H and O–H groups in total. The van der Waals surface area contributed by atoms with E-state index in [-0.39, 0.29) is 0 Å². The van der Waals surface area contributed by atoms with Gasteiger partial charge in [-0.2, -0.15) is 5.26 Å². The standard InChI is InChI=1S/C16H12N6S/c17-9-12-4-1-5-14(19-12)23-16-21-20-15(22(16)13-6-7-13)11-3-2-8-18-10-11/h1-5,8,10,13H,6-7H2. The summed E-state index contributed by atoms with van der Waals surface area (Å²) in [6, 6.07) is 11.8. The van der Waals surface area contributed by atoms with Crippen LogP contribution in [0.4, 0.5) is 0 Å². The highest BCUT2D eigenvalue weighted by Crippen LogP contribution is 2.41. The van der Waals surface area contributed by atoms with Gasteiger partial charge in [0, 0.05) is 24.0 Å². The fourth-order valence-electron chi connectivity index (χ4n) is 2.33. The molecule has 0 aromatic carbocycles. The van der Waals surface area contributed by atoms with E-state index in [0.717, 1.165) is 34.4 Å². The van der Waals surface area contributed by atoms with Crippen molar-refractivity contribution in [1.82, 2.24) is 24.7 Å². The second-order valence-corrected chi connectivity index (χ2v) is 6.21. The third-order valence-corrected chi connectivity index (χ3v) is 4.43. The summed E-state index contributed by atoms with van der Waals surface area (Å²) in [4.78, 5) is 8.46. The van der Waals surface area contributed by atoms with Crippen LogP contribution in [-0.4, -0.2) is 24.7 Å². The molecule has 0 aliphatic heterocycles. The first-order valence-corrected chi connectivity index (χ1v) is 8.07. The van der Waals surface area contributed by atoms with Crippen LogP contribution in [0.2, 0.25) is 0 Å². The molecular formula is C16H12N6S. The molecule has 0 saturated heterocycles. The maximum absolute atomic E-state index is 8.97. The topological polar surface area (TPSA) is 80.3 Å². The molecule has 0 unspecified atom stereocenters. The summed E-state index contributed by atoms with van der Waals surface area (Å²) >= 11 is 1.43. The summed E-state index contributed by atoms with van der Waals surface area (Å²) in [6.45, 7) is 0. The summed E-state index contributed by atoms with van der Waals surface area (Å²) in [5.41, 5.74) is 1.36. The molecule has 0 radical (unpaired) electrons. The predicted octanol–water partition coefficient (Wildman–Crippen LogP) is 3.09. The second-order valence-electron chi connectivity index (χ2n) is 5.22. The van der Waals surface area contributed by atoms with Gasteiger partial charge >= 0.3 is 0 Å². The Morgan fingerprint density at radius 2 is 2.09 bits per heavy atom. The van der Waals surface area contributed by atoms with E-state index in [4.69, 9.17) is 5.26 Å². The Balaban J connectivity index is 1.72. The smallest absolute Gasteiger partial charge is 0.198 e. The maximum Gasteiger partial charge on any atom is 0.198 e. The average molecular weight is 320 g/mol. The Bertz CT molecular complexity index is 879. The van der Waals surface area contributed by atoms with Crippen molar-refractivity contribution >= 4 is 11.8 Å². The van der Waals surface area contributed by atoms with E-state index in [1.54, 1.807) is 18.5 Å². The van der Waals surface area contributed by atoms with Gasteiger partial charge in [-0.15, -0.1) is 10.2 Å². The van der Waals surface area contributed by atoms with Crippen LogP contribution in [-0.2, 0) is 0 Å². The molecule has 23 heavy (non-hydrogen) atoms. The van der Waals surface area contributed by atoms with Crippen molar-refractivity contribution in [2.75, 3.05) is 0 Å².